The first-order chi connectivity index (χ1) is 15.0. The van der Waals surface area contributed by atoms with Gasteiger partial charge in [0, 0.05) is 0 Å². The summed E-state index contributed by atoms with van der Waals surface area (Å²) in [6.07, 6.45) is 1.70. The Bertz CT molecular complexity index is 996. The lowest BCUT2D eigenvalue weighted by molar-refractivity contribution is -0.115. The molecule has 1 aliphatic heterocycles. The van der Waals surface area contributed by atoms with E-state index >= 15 is 0 Å². The molecule has 1 aliphatic rings. The van der Waals surface area contributed by atoms with E-state index in [9.17, 15) is 4.79 Å². The van der Waals surface area contributed by atoms with Crippen LogP contribution in [0.4, 0.5) is 0 Å². The Morgan fingerprint density at radius 3 is 2.52 bits per heavy atom. The number of para-hydroxylation sites is 1. The van der Waals surface area contributed by atoms with Crippen LogP contribution in [0.5, 0.6) is 17.2 Å². The van der Waals surface area contributed by atoms with Gasteiger partial charge in [0.25, 0.3) is 5.91 Å². The van der Waals surface area contributed by atoms with Crippen molar-refractivity contribution >= 4 is 51.9 Å². The maximum Gasteiger partial charge on any atom is 0.263 e. The molecule has 164 valence electrons. The van der Waals surface area contributed by atoms with Gasteiger partial charge in [0.2, 0.25) is 0 Å². The summed E-state index contributed by atoms with van der Waals surface area (Å²) in [4.78, 5) is 12.3. The van der Waals surface area contributed by atoms with Crippen LogP contribution >= 0.6 is 35.6 Å². The monoisotopic (exact) mass is 479 g/mol. The molecule has 0 aliphatic carbocycles. The molecule has 2 aromatic carbocycles. The average Bonchev–Trinajstić information content (AvgIpc) is 3.06. The van der Waals surface area contributed by atoms with Crippen LogP contribution in [0, 0.1) is 6.92 Å². The highest BCUT2D eigenvalue weighted by atomic mass is 35.5. The number of thioether (sulfide) groups is 1. The van der Waals surface area contributed by atoms with Crippen LogP contribution in [0.25, 0.3) is 6.08 Å². The van der Waals surface area contributed by atoms with Crippen molar-refractivity contribution in [2.45, 2.75) is 6.92 Å². The van der Waals surface area contributed by atoms with E-state index in [0.29, 0.717) is 57.7 Å². The van der Waals surface area contributed by atoms with Gasteiger partial charge in [0.15, 0.2) is 11.5 Å². The summed E-state index contributed by atoms with van der Waals surface area (Å²) < 4.78 is 22.8. The molecule has 0 radical (unpaired) electrons. The lowest BCUT2D eigenvalue weighted by atomic mass is 10.2. The molecule has 0 aromatic heterocycles. The summed E-state index contributed by atoms with van der Waals surface area (Å²) in [5.41, 5.74) is 1.79. The number of carbonyl (C=O) groups excluding carboxylic acids is 1. The molecule has 31 heavy (non-hydrogen) atoms. The van der Waals surface area contributed by atoms with E-state index in [2.05, 4.69) is 5.32 Å². The molecule has 6 nitrogen and oxygen atoms in total. The first-order valence-corrected chi connectivity index (χ1v) is 11.1. The van der Waals surface area contributed by atoms with Crippen molar-refractivity contribution in [3.05, 3.63) is 57.5 Å². The molecule has 1 saturated heterocycles. The lowest BCUT2D eigenvalue weighted by Crippen LogP contribution is -2.17. The van der Waals surface area contributed by atoms with Gasteiger partial charge < -0.3 is 24.3 Å². The van der Waals surface area contributed by atoms with Crippen LogP contribution in [0.15, 0.2) is 41.3 Å². The second-order valence-electron chi connectivity index (χ2n) is 6.46. The number of halogens is 1. The van der Waals surface area contributed by atoms with E-state index in [1.165, 1.54) is 18.9 Å². The number of benzene rings is 2. The average molecular weight is 480 g/mol. The number of hydrogen-bond donors (Lipinski definition) is 1. The van der Waals surface area contributed by atoms with Crippen LogP contribution in [-0.2, 0) is 9.53 Å². The number of methoxy groups -OCH3 is 1. The van der Waals surface area contributed by atoms with Gasteiger partial charge >= 0.3 is 0 Å². The highest BCUT2D eigenvalue weighted by Gasteiger charge is 2.22. The molecular formula is C22H22ClNO5S2. The van der Waals surface area contributed by atoms with Crippen LogP contribution < -0.4 is 19.5 Å². The molecule has 2 aromatic rings. The minimum Gasteiger partial charge on any atom is -0.493 e. The molecule has 3 rings (SSSR count). The number of hydrogen-bond acceptors (Lipinski definition) is 7. The van der Waals surface area contributed by atoms with E-state index in [4.69, 9.17) is 42.8 Å². The predicted octanol–water partition coefficient (Wildman–Crippen LogP) is 4.62. The highest BCUT2D eigenvalue weighted by molar-refractivity contribution is 8.26. The Kier molecular flexibility index (Phi) is 8.60. The number of nitrogens with one attached hydrogen (secondary N) is 1. The molecule has 1 fully saturated rings. The van der Waals surface area contributed by atoms with Crippen molar-refractivity contribution in [2.24, 2.45) is 0 Å². The number of amides is 1. The third kappa shape index (κ3) is 6.61. The molecule has 9 heteroatoms. The smallest absolute Gasteiger partial charge is 0.263 e. The first-order valence-electron chi connectivity index (χ1n) is 9.49. The SMILES string of the molecule is COc1cc(C=C2SC(=S)NC2=O)cc(Cl)c1OCCOCCOc1ccccc1C. The van der Waals surface area contributed by atoms with Gasteiger partial charge in [-0.3, -0.25) is 4.79 Å². The van der Waals surface area contributed by atoms with Gasteiger partial charge in [-0.05, 0) is 42.3 Å². The third-order valence-electron chi connectivity index (χ3n) is 4.24. The minimum atomic E-state index is -0.228. The van der Waals surface area contributed by atoms with Crippen molar-refractivity contribution in [3.63, 3.8) is 0 Å². The summed E-state index contributed by atoms with van der Waals surface area (Å²) in [5.74, 6) is 1.51. The Morgan fingerprint density at radius 2 is 1.84 bits per heavy atom. The van der Waals surface area contributed by atoms with Crippen molar-refractivity contribution in [2.75, 3.05) is 33.5 Å². The lowest BCUT2D eigenvalue weighted by Gasteiger charge is -2.14. The summed E-state index contributed by atoms with van der Waals surface area (Å²) >= 11 is 12.6. The zero-order valence-electron chi connectivity index (χ0n) is 17.1. The van der Waals surface area contributed by atoms with Gasteiger partial charge in [-0.1, -0.05) is 53.8 Å². The van der Waals surface area contributed by atoms with E-state index in [0.717, 1.165) is 11.3 Å². The molecule has 0 atom stereocenters. The Labute approximate surface area is 195 Å². The Balaban J connectivity index is 1.49. The van der Waals surface area contributed by atoms with Crippen LogP contribution in [0.3, 0.4) is 0 Å². The quantitative estimate of drug-likeness (QED) is 0.303. The summed E-state index contributed by atoms with van der Waals surface area (Å²) in [6, 6.07) is 11.3. The molecule has 0 saturated carbocycles. The zero-order valence-corrected chi connectivity index (χ0v) is 19.5. The van der Waals surface area contributed by atoms with Crippen LogP contribution in [0.1, 0.15) is 11.1 Å². The van der Waals surface area contributed by atoms with E-state index in [1.807, 2.05) is 31.2 Å². The molecule has 0 unspecified atom stereocenters. The number of carbonyl (C=O) groups is 1. The van der Waals surface area contributed by atoms with Gasteiger partial charge in [-0.25, -0.2) is 0 Å². The number of ether oxygens (including phenoxy) is 4. The van der Waals surface area contributed by atoms with Crippen molar-refractivity contribution < 1.29 is 23.7 Å². The second kappa shape index (κ2) is 11.4. The predicted molar refractivity (Wildman–Crippen MR) is 127 cm³/mol. The molecular weight excluding hydrogens is 458 g/mol. The Morgan fingerprint density at radius 1 is 1.10 bits per heavy atom. The summed E-state index contributed by atoms with van der Waals surface area (Å²) in [7, 11) is 1.53. The van der Waals surface area contributed by atoms with Crippen molar-refractivity contribution in [1.29, 1.82) is 0 Å². The molecule has 0 spiro atoms. The molecule has 0 bridgehead atoms. The number of aryl methyl sites for hydroxylation is 1. The van der Waals surface area contributed by atoms with Gasteiger partial charge in [-0.15, -0.1) is 0 Å². The highest BCUT2D eigenvalue weighted by Crippen LogP contribution is 2.38. The zero-order chi connectivity index (χ0) is 22.2. The van der Waals surface area contributed by atoms with E-state index in [1.54, 1.807) is 18.2 Å². The standard InChI is InChI=1S/C22H22ClNO5S2/c1-14-5-3-4-6-17(14)28-9-7-27-8-10-29-20-16(23)11-15(12-18(20)26-2)13-19-21(25)24-22(30)31-19/h3-6,11-13H,7-10H2,1-2H3,(H,24,25,30). The largest absolute Gasteiger partial charge is 0.493 e. The fraction of sp³-hybridized carbons (Fsp3) is 0.273. The molecule has 1 amide bonds. The van der Waals surface area contributed by atoms with Gasteiger partial charge in [-0.2, -0.15) is 0 Å². The van der Waals surface area contributed by atoms with Gasteiger partial charge in [0.05, 0.1) is 30.3 Å². The maximum absolute atomic E-state index is 11.8. The molecule has 1 heterocycles. The molecule has 1 N–H and O–H groups in total. The summed E-state index contributed by atoms with van der Waals surface area (Å²) in [5, 5.41) is 2.95. The maximum atomic E-state index is 11.8. The summed E-state index contributed by atoms with van der Waals surface area (Å²) in [6.45, 7) is 3.56. The van der Waals surface area contributed by atoms with Crippen LogP contribution in [0.2, 0.25) is 5.02 Å². The second-order valence-corrected chi connectivity index (χ2v) is 8.59. The minimum absolute atomic E-state index is 0.228. The first kappa shape index (κ1) is 23.4. The van der Waals surface area contributed by atoms with Crippen LogP contribution in [-0.4, -0.2) is 43.8 Å². The Hall–Kier alpha value is -2.26. The topological polar surface area (TPSA) is 66.0 Å². The van der Waals surface area contributed by atoms with Gasteiger partial charge in [0.1, 0.15) is 23.3 Å². The van der Waals surface area contributed by atoms with E-state index in [-0.39, 0.29) is 5.91 Å². The number of rotatable bonds is 10. The number of thiocarbonyl (C=S) groups is 1. The van der Waals surface area contributed by atoms with Crippen molar-refractivity contribution in [3.8, 4) is 17.2 Å². The fourth-order valence-electron chi connectivity index (χ4n) is 2.77. The van der Waals surface area contributed by atoms with E-state index < -0.39 is 0 Å². The fourth-order valence-corrected chi connectivity index (χ4v) is 4.09. The van der Waals surface area contributed by atoms with Crippen molar-refractivity contribution in [1.82, 2.24) is 5.32 Å². The third-order valence-corrected chi connectivity index (χ3v) is 5.69. The normalized spacial score (nSPS) is 14.6.